The van der Waals surface area contributed by atoms with Gasteiger partial charge in [0.2, 0.25) is 11.8 Å². The Balaban J connectivity index is 1.47. The van der Waals surface area contributed by atoms with E-state index < -0.39 is 29.6 Å². The predicted molar refractivity (Wildman–Crippen MR) is 104 cm³/mol. The Hall–Kier alpha value is -3.33. The standard InChI is InChI=1S/C19H17N3O5S/c20-18(25)11-5-7-12(8-6-11)21-16(23)10-27-17(24)9-15-19(26)22-13-3-1-2-4-14(13)28-15/h1-8,15H,9-10H2,(H2,20,25)(H,21,23)(H,22,26)/t15-/m1/s1. The Labute approximate surface area is 164 Å². The molecule has 1 aliphatic rings. The fraction of sp³-hybridized carbons (Fsp3) is 0.158. The number of carbonyl (C=O) groups is 4. The van der Waals surface area contributed by atoms with Crippen LogP contribution in [0.3, 0.4) is 0 Å². The molecule has 0 unspecified atom stereocenters. The lowest BCUT2D eigenvalue weighted by Gasteiger charge is -2.23. The maximum atomic E-state index is 12.1. The summed E-state index contributed by atoms with van der Waals surface area (Å²) in [5.74, 6) is -2.03. The summed E-state index contributed by atoms with van der Waals surface area (Å²) in [4.78, 5) is 47.9. The summed E-state index contributed by atoms with van der Waals surface area (Å²) in [7, 11) is 0. The molecule has 144 valence electrons. The molecule has 1 atom stereocenters. The van der Waals surface area contributed by atoms with E-state index in [2.05, 4.69) is 10.6 Å². The van der Waals surface area contributed by atoms with Crippen LogP contribution in [0, 0.1) is 0 Å². The third-order valence-electron chi connectivity index (χ3n) is 3.88. The monoisotopic (exact) mass is 399 g/mol. The number of amides is 3. The van der Waals surface area contributed by atoms with Crippen molar-refractivity contribution in [2.24, 2.45) is 5.73 Å². The van der Waals surface area contributed by atoms with Gasteiger partial charge in [0.05, 0.1) is 17.4 Å². The zero-order valence-electron chi connectivity index (χ0n) is 14.6. The zero-order chi connectivity index (χ0) is 20.1. The van der Waals surface area contributed by atoms with E-state index in [1.165, 1.54) is 36.0 Å². The van der Waals surface area contributed by atoms with Gasteiger partial charge in [-0.1, -0.05) is 12.1 Å². The zero-order valence-corrected chi connectivity index (χ0v) is 15.5. The van der Waals surface area contributed by atoms with Crippen molar-refractivity contribution in [3.63, 3.8) is 0 Å². The Morgan fingerprint density at radius 2 is 1.82 bits per heavy atom. The van der Waals surface area contributed by atoms with Crippen LogP contribution in [-0.2, 0) is 19.1 Å². The van der Waals surface area contributed by atoms with Gasteiger partial charge in [-0.3, -0.25) is 19.2 Å². The molecule has 3 amide bonds. The number of anilines is 2. The molecular formula is C19H17N3O5S. The van der Waals surface area contributed by atoms with E-state index >= 15 is 0 Å². The quantitative estimate of drug-likeness (QED) is 0.635. The summed E-state index contributed by atoms with van der Waals surface area (Å²) in [6.07, 6.45) is -0.147. The molecule has 0 saturated heterocycles. The molecule has 4 N–H and O–H groups in total. The fourth-order valence-electron chi connectivity index (χ4n) is 2.50. The first kappa shape index (κ1) is 19.4. The van der Waals surface area contributed by atoms with Gasteiger partial charge in [0.1, 0.15) is 0 Å². The number of carbonyl (C=O) groups excluding carboxylic acids is 4. The summed E-state index contributed by atoms with van der Waals surface area (Å²) < 4.78 is 4.96. The number of hydrogen-bond acceptors (Lipinski definition) is 6. The molecule has 28 heavy (non-hydrogen) atoms. The highest BCUT2D eigenvalue weighted by Crippen LogP contribution is 2.36. The molecule has 1 aliphatic heterocycles. The van der Waals surface area contributed by atoms with Crippen LogP contribution in [0.2, 0.25) is 0 Å². The molecule has 0 saturated carbocycles. The van der Waals surface area contributed by atoms with Gasteiger partial charge in [0.25, 0.3) is 5.91 Å². The molecule has 1 heterocycles. The van der Waals surface area contributed by atoms with E-state index in [9.17, 15) is 19.2 Å². The first-order valence-corrected chi connectivity index (χ1v) is 9.22. The van der Waals surface area contributed by atoms with Crippen LogP contribution in [0.25, 0.3) is 0 Å². The minimum absolute atomic E-state index is 0.147. The van der Waals surface area contributed by atoms with Crippen molar-refractivity contribution in [1.82, 2.24) is 0 Å². The Morgan fingerprint density at radius 3 is 2.54 bits per heavy atom. The summed E-state index contributed by atoms with van der Waals surface area (Å²) in [5.41, 5.74) is 6.61. The molecule has 0 aliphatic carbocycles. The van der Waals surface area contributed by atoms with E-state index in [0.29, 0.717) is 16.9 Å². The number of thioether (sulfide) groups is 1. The summed E-state index contributed by atoms with van der Waals surface area (Å²) >= 11 is 1.28. The van der Waals surface area contributed by atoms with Crippen molar-refractivity contribution in [2.45, 2.75) is 16.6 Å². The number of esters is 1. The van der Waals surface area contributed by atoms with E-state index in [1.807, 2.05) is 18.2 Å². The molecule has 8 nitrogen and oxygen atoms in total. The van der Waals surface area contributed by atoms with Crippen molar-refractivity contribution in [2.75, 3.05) is 17.2 Å². The largest absolute Gasteiger partial charge is 0.456 e. The van der Waals surface area contributed by atoms with E-state index in [4.69, 9.17) is 10.5 Å². The lowest BCUT2D eigenvalue weighted by Crippen LogP contribution is -2.32. The Morgan fingerprint density at radius 1 is 1.11 bits per heavy atom. The van der Waals surface area contributed by atoms with E-state index in [0.717, 1.165) is 4.90 Å². The van der Waals surface area contributed by atoms with Crippen LogP contribution in [0.1, 0.15) is 16.8 Å². The van der Waals surface area contributed by atoms with E-state index in [1.54, 1.807) is 6.07 Å². The van der Waals surface area contributed by atoms with Gasteiger partial charge in [-0.05, 0) is 36.4 Å². The van der Waals surface area contributed by atoms with Gasteiger partial charge in [-0.2, -0.15) is 0 Å². The molecule has 3 rings (SSSR count). The second-order valence-corrected chi connectivity index (χ2v) is 7.19. The molecule has 2 aromatic rings. The van der Waals surface area contributed by atoms with Gasteiger partial charge in [-0.25, -0.2) is 0 Å². The van der Waals surface area contributed by atoms with Gasteiger partial charge >= 0.3 is 5.97 Å². The van der Waals surface area contributed by atoms with Crippen molar-refractivity contribution < 1.29 is 23.9 Å². The Kier molecular flexibility index (Phi) is 5.95. The lowest BCUT2D eigenvalue weighted by molar-refractivity contribution is -0.147. The normalized spacial score (nSPS) is 15.1. The van der Waals surface area contributed by atoms with Crippen LogP contribution >= 0.6 is 11.8 Å². The van der Waals surface area contributed by atoms with Crippen LogP contribution < -0.4 is 16.4 Å². The topological polar surface area (TPSA) is 128 Å². The second-order valence-electron chi connectivity index (χ2n) is 5.95. The average molecular weight is 399 g/mol. The maximum absolute atomic E-state index is 12.1. The molecule has 0 bridgehead atoms. The Bertz CT molecular complexity index is 929. The molecule has 9 heteroatoms. The summed E-state index contributed by atoms with van der Waals surface area (Å²) in [6.45, 7) is -0.480. The van der Waals surface area contributed by atoms with Crippen LogP contribution in [-0.4, -0.2) is 35.5 Å². The summed E-state index contributed by atoms with van der Waals surface area (Å²) in [6, 6.07) is 13.3. The number of rotatable bonds is 6. The highest BCUT2D eigenvalue weighted by Gasteiger charge is 2.29. The van der Waals surface area contributed by atoms with Crippen molar-refractivity contribution in [3.8, 4) is 0 Å². The van der Waals surface area contributed by atoms with Crippen LogP contribution in [0.5, 0.6) is 0 Å². The highest BCUT2D eigenvalue weighted by atomic mass is 32.2. The third-order valence-corrected chi connectivity index (χ3v) is 5.15. The SMILES string of the molecule is NC(=O)c1ccc(NC(=O)COC(=O)C[C@H]2Sc3ccccc3NC2=O)cc1. The maximum Gasteiger partial charge on any atom is 0.307 e. The number of benzene rings is 2. The predicted octanol–water partition coefficient (Wildman–Crippen LogP) is 1.77. The number of nitrogens with one attached hydrogen (secondary N) is 2. The highest BCUT2D eigenvalue weighted by molar-refractivity contribution is 8.01. The molecule has 2 aromatic carbocycles. The average Bonchev–Trinajstić information content (AvgIpc) is 2.67. The molecule has 0 radical (unpaired) electrons. The minimum Gasteiger partial charge on any atom is -0.456 e. The molecule has 0 fully saturated rings. The smallest absolute Gasteiger partial charge is 0.307 e. The number of hydrogen-bond donors (Lipinski definition) is 3. The van der Waals surface area contributed by atoms with Crippen LogP contribution in [0.15, 0.2) is 53.4 Å². The lowest BCUT2D eigenvalue weighted by atomic mass is 10.2. The van der Waals surface area contributed by atoms with Gasteiger partial charge in [0, 0.05) is 16.1 Å². The molecule has 0 aromatic heterocycles. The number of nitrogens with two attached hydrogens (primary N) is 1. The van der Waals surface area contributed by atoms with Crippen molar-refractivity contribution in [1.29, 1.82) is 0 Å². The number of fused-ring (bicyclic) bond motifs is 1. The fourth-order valence-corrected chi connectivity index (χ4v) is 3.59. The number of primary amides is 1. The summed E-state index contributed by atoms with van der Waals surface area (Å²) in [5, 5.41) is 4.66. The van der Waals surface area contributed by atoms with E-state index in [-0.39, 0.29) is 12.3 Å². The minimum atomic E-state index is -0.647. The first-order chi connectivity index (χ1) is 13.4. The van der Waals surface area contributed by atoms with Crippen molar-refractivity contribution >= 4 is 46.8 Å². The van der Waals surface area contributed by atoms with Crippen LogP contribution in [0.4, 0.5) is 11.4 Å². The van der Waals surface area contributed by atoms with Gasteiger partial charge in [-0.15, -0.1) is 11.8 Å². The van der Waals surface area contributed by atoms with Crippen molar-refractivity contribution in [3.05, 3.63) is 54.1 Å². The second kappa shape index (κ2) is 8.57. The first-order valence-electron chi connectivity index (χ1n) is 8.34. The number of para-hydroxylation sites is 1. The van der Waals surface area contributed by atoms with Gasteiger partial charge < -0.3 is 21.1 Å². The molecular weight excluding hydrogens is 382 g/mol. The molecule has 0 spiro atoms. The third kappa shape index (κ3) is 4.89. The number of ether oxygens (including phenoxy) is 1. The van der Waals surface area contributed by atoms with Gasteiger partial charge in [0.15, 0.2) is 6.61 Å².